The number of guanidine groups is 1. The summed E-state index contributed by atoms with van der Waals surface area (Å²) in [6, 6.07) is 9.39. The number of unbranched alkanes of at least 4 members (excludes halogenated alkanes) is 2. The number of carbonyl (C=O) groups is 1. The zero-order valence-corrected chi connectivity index (χ0v) is 20.0. The molecular formula is C25H33N7O2. The molecular weight excluding hydrogens is 430 g/mol. The van der Waals surface area contributed by atoms with Gasteiger partial charge in [0.2, 0.25) is 5.96 Å². The molecule has 9 nitrogen and oxygen atoms in total. The summed E-state index contributed by atoms with van der Waals surface area (Å²) in [6.45, 7) is 6.80. The molecule has 1 saturated heterocycles. The van der Waals surface area contributed by atoms with Crippen molar-refractivity contribution in [1.29, 1.82) is 5.26 Å². The lowest BCUT2D eigenvalue weighted by atomic mass is 10.1. The lowest BCUT2D eigenvalue weighted by Crippen LogP contribution is -2.49. The highest BCUT2D eigenvalue weighted by Gasteiger charge is 2.25. The van der Waals surface area contributed by atoms with Crippen LogP contribution in [0.2, 0.25) is 0 Å². The Morgan fingerprint density at radius 1 is 1.18 bits per heavy atom. The second-order valence-electron chi connectivity index (χ2n) is 8.18. The quantitative estimate of drug-likeness (QED) is 0.194. The summed E-state index contributed by atoms with van der Waals surface area (Å²) in [7, 11) is 1.60. The summed E-state index contributed by atoms with van der Waals surface area (Å²) >= 11 is 0. The number of nitrogens with one attached hydrogen (secondary N) is 2. The Hall–Kier alpha value is -3.64. The summed E-state index contributed by atoms with van der Waals surface area (Å²) in [5.74, 6) is 1.12. The molecule has 34 heavy (non-hydrogen) atoms. The van der Waals surface area contributed by atoms with Crippen molar-refractivity contribution < 1.29 is 9.53 Å². The number of benzene rings is 1. The SMILES string of the molecule is COc1cccc(C)c1C(=O)N1CCN(CCCCCN=C(NC#N)Nc2cccnc2)CC1. The number of piperazine rings is 1. The minimum Gasteiger partial charge on any atom is -0.496 e. The Morgan fingerprint density at radius 2 is 2.00 bits per heavy atom. The molecule has 1 aliphatic heterocycles. The molecule has 0 saturated carbocycles. The van der Waals surface area contributed by atoms with Gasteiger partial charge in [0.25, 0.3) is 5.91 Å². The number of amides is 1. The normalized spacial score (nSPS) is 14.4. The van der Waals surface area contributed by atoms with E-state index < -0.39 is 0 Å². The van der Waals surface area contributed by atoms with Gasteiger partial charge < -0.3 is 15.0 Å². The number of hydrogen-bond donors (Lipinski definition) is 2. The maximum absolute atomic E-state index is 13.0. The summed E-state index contributed by atoms with van der Waals surface area (Å²) in [4.78, 5) is 25.9. The highest BCUT2D eigenvalue weighted by Crippen LogP contribution is 2.24. The average molecular weight is 464 g/mol. The van der Waals surface area contributed by atoms with E-state index in [1.54, 1.807) is 19.5 Å². The van der Waals surface area contributed by atoms with Crippen molar-refractivity contribution in [2.75, 3.05) is 51.7 Å². The number of aliphatic imine (C=N–C) groups is 1. The Labute approximate surface area is 201 Å². The standard InChI is InChI=1S/C25H33N7O2/c1-20-8-6-10-22(34-2)23(20)24(33)32-16-14-31(15-17-32)13-5-3-4-12-28-25(29-19-26)30-21-9-7-11-27-18-21/h6-11,18H,3-5,12-17H2,1-2H3,(H2,28,29,30). The first-order valence-corrected chi connectivity index (χ1v) is 11.6. The first-order chi connectivity index (χ1) is 16.6. The van der Waals surface area contributed by atoms with E-state index in [4.69, 9.17) is 10.00 Å². The van der Waals surface area contributed by atoms with Crippen molar-refractivity contribution in [3.05, 3.63) is 53.9 Å². The zero-order valence-electron chi connectivity index (χ0n) is 20.0. The second kappa shape index (κ2) is 13.2. The van der Waals surface area contributed by atoms with E-state index in [1.807, 2.05) is 48.3 Å². The Balaban J connectivity index is 1.36. The van der Waals surface area contributed by atoms with Crippen LogP contribution in [-0.4, -0.2) is 73.0 Å². The third-order valence-corrected chi connectivity index (χ3v) is 5.83. The van der Waals surface area contributed by atoms with Crippen LogP contribution < -0.4 is 15.4 Å². The number of pyridine rings is 1. The number of aromatic nitrogens is 1. The summed E-state index contributed by atoms with van der Waals surface area (Å²) in [6.07, 6.45) is 8.35. The van der Waals surface area contributed by atoms with Crippen molar-refractivity contribution in [3.8, 4) is 11.9 Å². The molecule has 0 atom stereocenters. The van der Waals surface area contributed by atoms with Crippen molar-refractivity contribution in [1.82, 2.24) is 20.1 Å². The number of ether oxygens (including phenoxy) is 1. The van der Waals surface area contributed by atoms with Crippen LogP contribution in [0.5, 0.6) is 5.75 Å². The number of nitriles is 1. The molecule has 2 heterocycles. The number of anilines is 1. The predicted molar refractivity (Wildman–Crippen MR) is 133 cm³/mol. The molecule has 1 aromatic carbocycles. The third kappa shape index (κ3) is 7.18. The number of methoxy groups -OCH3 is 1. The van der Waals surface area contributed by atoms with Gasteiger partial charge in [-0.05, 0) is 50.1 Å². The Bertz CT molecular complexity index is 996. The highest BCUT2D eigenvalue weighted by molar-refractivity contribution is 5.98. The van der Waals surface area contributed by atoms with Gasteiger partial charge in [-0.2, -0.15) is 5.26 Å². The van der Waals surface area contributed by atoms with E-state index in [0.29, 0.717) is 23.8 Å². The first-order valence-electron chi connectivity index (χ1n) is 11.6. The summed E-state index contributed by atoms with van der Waals surface area (Å²) < 4.78 is 5.41. The zero-order chi connectivity index (χ0) is 24.2. The van der Waals surface area contributed by atoms with Gasteiger partial charge in [-0.25, -0.2) is 0 Å². The molecule has 0 aliphatic carbocycles. The van der Waals surface area contributed by atoms with Crippen LogP contribution in [0.3, 0.4) is 0 Å². The molecule has 9 heteroatoms. The molecule has 180 valence electrons. The monoisotopic (exact) mass is 463 g/mol. The smallest absolute Gasteiger partial charge is 0.257 e. The molecule has 0 unspecified atom stereocenters. The van der Waals surface area contributed by atoms with Crippen LogP contribution in [0.4, 0.5) is 5.69 Å². The van der Waals surface area contributed by atoms with Gasteiger partial charge >= 0.3 is 0 Å². The van der Waals surface area contributed by atoms with E-state index >= 15 is 0 Å². The molecule has 0 radical (unpaired) electrons. The van der Waals surface area contributed by atoms with Crippen LogP contribution in [0.15, 0.2) is 47.7 Å². The Morgan fingerprint density at radius 3 is 2.71 bits per heavy atom. The molecule has 2 aromatic rings. The second-order valence-corrected chi connectivity index (χ2v) is 8.18. The molecule has 0 bridgehead atoms. The maximum atomic E-state index is 13.0. The minimum absolute atomic E-state index is 0.0501. The van der Waals surface area contributed by atoms with Gasteiger partial charge in [-0.3, -0.25) is 25.0 Å². The molecule has 1 aromatic heterocycles. The topological polar surface area (TPSA) is 106 Å². The van der Waals surface area contributed by atoms with E-state index in [2.05, 4.69) is 25.5 Å². The lowest BCUT2D eigenvalue weighted by Gasteiger charge is -2.35. The molecule has 2 N–H and O–H groups in total. The van der Waals surface area contributed by atoms with Crippen LogP contribution in [0.1, 0.15) is 35.2 Å². The van der Waals surface area contributed by atoms with Crippen molar-refractivity contribution in [3.63, 3.8) is 0 Å². The van der Waals surface area contributed by atoms with Crippen LogP contribution in [-0.2, 0) is 0 Å². The molecule has 1 amide bonds. The van der Waals surface area contributed by atoms with E-state index in [0.717, 1.165) is 63.2 Å². The van der Waals surface area contributed by atoms with Gasteiger partial charge in [-0.1, -0.05) is 18.6 Å². The summed E-state index contributed by atoms with van der Waals surface area (Å²) in [5.41, 5.74) is 2.39. The van der Waals surface area contributed by atoms with Crippen LogP contribution in [0, 0.1) is 18.4 Å². The Kier molecular flexibility index (Phi) is 9.67. The van der Waals surface area contributed by atoms with E-state index in [9.17, 15) is 4.79 Å². The third-order valence-electron chi connectivity index (χ3n) is 5.83. The number of rotatable bonds is 9. The molecule has 1 fully saturated rings. The van der Waals surface area contributed by atoms with Crippen molar-refractivity contribution >= 4 is 17.6 Å². The fourth-order valence-electron chi connectivity index (χ4n) is 3.97. The predicted octanol–water partition coefficient (Wildman–Crippen LogP) is 2.87. The highest BCUT2D eigenvalue weighted by atomic mass is 16.5. The number of nitrogens with zero attached hydrogens (tertiary/aromatic N) is 5. The van der Waals surface area contributed by atoms with Crippen LogP contribution >= 0.6 is 0 Å². The largest absolute Gasteiger partial charge is 0.496 e. The number of hydrogen-bond acceptors (Lipinski definition) is 6. The number of aryl methyl sites for hydroxylation is 1. The maximum Gasteiger partial charge on any atom is 0.257 e. The van der Waals surface area contributed by atoms with E-state index in [-0.39, 0.29) is 5.91 Å². The van der Waals surface area contributed by atoms with E-state index in [1.165, 1.54) is 0 Å². The van der Waals surface area contributed by atoms with Gasteiger partial charge in [0.1, 0.15) is 5.75 Å². The van der Waals surface area contributed by atoms with Crippen LogP contribution in [0.25, 0.3) is 0 Å². The molecule has 1 aliphatic rings. The van der Waals surface area contributed by atoms with Crippen molar-refractivity contribution in [2.45, 2.75) is 26.2 Å². The molecule has 3 rings (SSSR count). The summed E-state index contributed by atoms with van der Waals surface area (Å²) in [5, 5.41) is 14.6. The lowest BCUT2D eigenvalue weighted by molar-refractivity contribution is 0.0631. The number of carbonyl (C=O) groups excluding carboxylic acids is 1. The average Bonchev–Trinajstić information content (AvgIpc) is 2.86. The fraction of sp³-hybridized carbons (Fsp3) is 0.440. The van der Waals surface area contributed by atoms with Gasteiger partial charge in [0.05, 0.1) is 24.6 Å². The van der Waals surface area contributed by atoms with Gasteiger partial charge in [0.15, 0.2) is 6.19 Å². The van der Waals surface area contributed by atoms with Gasteiger partial charge in [0, 0.05) is 38.9 Å². The van der Waals surface area contributed by atoms with Gasteiger partial charge in [-0.15, -0.1) is 0 Å². The van der Waals surface area contributed by atoms with Crippen molar-refractivity contribution in [2.24, 2.45) is 4.99 Å². The molecule has 0 spiro atoms. The fourth-order valence-corrected chi connectivity index (χ4v) is 3.97. The minimum atomic E-state index is 0.0501. The first kappa shape index (κ1) is 25.0.